The summed E-state index contributed by atoms with van der Waals surface area (Å²) in [6, 6.07) is 15.7. The van der Waals surface area contributed by atoms with Crippen molar-refractivity contribution < 1.29 is 18.6 Å². The molecule has 2 aliphatic rings. The molecule has 29 heavy (non-hydrogen) atoms. The number of furan rings is 1. The standard InChI is InChI=1S/C22H19BrN2O4/c1-26-20-7-5-13(10-21(20)27-2)22-25-17(12-16(24-25)19-4-3-9-28-19)15-11-14(23)6-8-18(15)29-22/h3-11,17,22H,12H2,1-2H3. The summed E-state index contributed by atoms with van der Waals surface area (Å²) in [6.45, 7) is 0. The van der Waals surface area contributed by atoms with Crippen LogP contribution in [0.1, 0.15) is 35.6 Å². The molecule has 3 aromatic rings. The van der Waals surface area contributed by atoms with E-state index in [2.05, 4.69) is 22.0 Å². The number of nitrogens with zero attached hydrogens (tertiary/aromatic N) is 2. The molecular formula is C22H19BrN2O4. The van der Waals surface area contributed by atoms with Gasteiger partial charge in [0.25, 0.3) is 0 Å². The van der Waals surface area contributed by atoms with Crippen LogP contribution in [-0.2, 0) is 0 Å². The molecule has 6 nitrogen and oxygen atoms in total. The van der Waals surface area contributed by atoms with Gasteiger partial charge in [-0.15, -0.1) is 0 Å². The Kier molecular flexibility index (Phi) is 4.47. The molecule has 3 heterocycles. The van der Waals surface area contributed by atoms with Gasteiger partial charge in [-0.2, -0.15) is 5.10 Å². The van der Waals surface area contributed by atoms with Crippen LogP contribution in [0.4, 0.5) is 0 Å². The maximum Gasteiger partial charge on any atom is 0.214 e. The van der Waals surface area contributed by atoms with Crippen LogP contribution in [-0.4, -0.2) is 24.9 Å². The Balaban J connectivity index is 1.60. The van der Waals surface area contributed by atoms with E-state index in [4.69, 9.17) is 23.7 Å². The number of benzene rings is 2. The van der Waals surface area contributed by atoms with Crippen molar-refractivity contribution >= 4 is 21.6 Å². The van der Waals surface area contributed by atoms with Crippen molar-refractivity contribution in [2.45, 2.75) is 18.7 Å². The molecule has 2 aromatic carbocycles. The fraction of sp³-hybridized carbons (Fsp3) is 0.227. The maximum absolute atomic E-state index is 6.40. The van der Waals surface area contributed by atoms with Crippen LogP contribution in [0.25, 0.3) is 0 Å². The molecule has 0 fully saturated rings. The second kappa shape index (κ2) is 7.15. The number of hydrogen-bond acceptors (Lipinski definition) is 6. The van der Waals surface area contributed by atoms with Crippen LogP contribution in [0.2, 0.25) is 0 Å². The normalized spacial score (nSPS) is 19.8. The van der Waals surface area contributed by atoms with Crippen molar-refractivity contribution in [2.24, 2.45) is 5.10 Å². The molecule has 5 rings (SSSR count). The summed E-state index contributed by atoms with van der Waals surface area (Å²) >= 11 is 3.58. The predicted molar refractivity (Wildman–Crippen MR) is 111 cm³/mol. The fourth-order valence-corrected chi connectivity index (χ4v) is 4.25. The van der Waals surface area contributed by atoms with Crippen molar-refractivity contribution in [3.63, 3.8) is 0 Å². The highest BCUT2D eigenvalue weighted by molar-refractivity contribution is 9.10. The third-order valence-electron chi connectivity index (χ3n) is 5.25. The van der Waals surface area contributed by atoms with Crippen LogP contribution in [0.5, 0.6) is 17.2 Å². The average molecular weight is 455 g/mol. The molecule has 0 N–H and O–H groups in total. The molecule has 2 atom stereocenters. The number of hydrogen-bond donors (Lipinski definition) is 0. The smallest absolute Gasteiger partial charge is 0.214 e. The van der Waals surface area contributed by atoms with Gasteiger partial charge in [0.05, 0.1) is 26.5 Å². The second-order valence-electron chi connectivity index (χ2n) is 6.89. The van der Waals surface area contributed by atoms with Gasteiger partial charge in [-0.05, 0) is 48.5 Å². The van der Waals surface area contributed by atoms with Crippen LogP contribution in [0.3, 0.4) is 0 Å². The van der Waals surface area contributed by atoms with Crippen LogP contribution in [0.15, 0.2) is 68.8 Å². The van der Waals surface area contributed by atoms with Gasteiger partial charge in [-0.25, -0.2) is 5.01 Å². The number of rotatable bonds is 4. The molecule has 1 aromatic heterocycles. The molecule has 0 aliphatic carbocycles. The second-order valence-corrected chi connectivity index (χ2v) is 7.81. The molecule has 7 heteroatoms. The minimum atomic E-state index is -0.388. The highest BCUT2D eigenvalue weighted by Crippen LogP contribution is 2.48. The minimum absolute atomic E-state index is 0.0504. The first-order valence-corrected chi connectivity index (χ1v) is 10.0. The zero-order chi connectivity index (χ0) is 20.0. The Morgan fingerprint density at radius 3 is 2.69 bits per heavy atom. The van der Waals surface area contributed by atoms with Crippen molar-refractivity contribution in [1.82, 2.24) is 5.01 Å². The summed E-state index contributed by atoms with van der Waals surface area (Å²) in [5, 5.41) is 6.89. The first-order valence-electron chi connectivity index (χ1n) is 9.25. The monoisotopic (exact) mass is 454 g/mol. The first kappa shape index (κ1) is 18.1. The molecule has 2 unspecified atom stereocenters. The zero-order valence-corrected chi connectivity index (χ0v) is 17.5. The number of halogens is 1. The topological polar surface area (TPSA) is 56.4 Å². The Labute approximate surface area is 176 Å². The van der Waals surface area contributed by atoms with E-state index in [1.807, 2.05) is 47.5 Å². The van der Waals surface area contributed by atoms with Gasteiger partial charge < -0.3 is 18.6 Å². The highest BCUT2D eigenvalue weighted by Gasteiger charge is 2.41. The van der Waals surface area contributed by atoms with Crippen LogP contribution >= 0.6 is 15.9 Å². The van der Waals surface area contributed by atoms with E-state index in [9.17, 15) is 0 Å². The lowest BCUT2D eigenvalue weighted by molar-refractivity contribution is -0.0192. The van der Waals surface area contributed by atoms with Crippen molar-refractivity contribution in [2.75, 3.05) is 14.2 Å². The van der Waals surface area contributed by atoms with E-state index in [1.165, 1.54) is 0 Å². The Morgan fingerprint density at radius 2 is 1.93 bits per heavy atom. The number of methoxy groups -OCH3 is 2. The number of hydrazone groups is 1. The summed E-state index contributed by atoms with van der Waals surface area (Å²) in [5.41, 5.74) is 2.94. The summed E-state index contributed by atoms with van der Waals surface area (Å²) in [7, 11) is 3.25. The fourth-order valence-electron chi connectivity index (χ4n) is 3.88. The van der Waals surface area contributed by atoms with E-state index >= 15 is 0 Å². The first-order chi connectivity index (χ1) is 14.2. The third-order valence-corrected chi connectivity index (χ3v) is 5.74. The molecule has 0 saturated heterocycles. The van der Waals surface area contributed by atoms with Gasteiger partial charge in [-0.3, -0.25) is 0 Å². The van der Waals surface area contributed by atoms with Crippen LogP contribution in [0, 0.1) is 0 Å². The Morgan fingerprint density at radius 1 is 1.07 bits per heavy atom. The van der Waals surface area contributed by atoms with E-state index < -0.39 is 0 Å². The van der Waals surface area contributed by atoms with E-state index in [-0.39, 0.29) is 12.3 Å². The molecule has 0 amide bonds. The van der Waals surface area contributed by atoms with Crippen molar-refractivity contribution in [3.8, 4) is 17.2 Å². The molecule has 0 radical (unpaired) electrons. The SMILES string of the molecule is COc1ccc(C2Oc3ccc(Br)cc3C3CC(c4ccco4)=NN32)cc1OC. The number of ether oxygens (including phenoxy) is 3. The largest absolute Gasteiger partial charge is 0.493 e. The minimum Gasteiger partial charge on any atom is -0.493 e. The summed E-state index contributed by atoms with van der Waals surface area (Å²) in [6.07, 6.45) is 2.02. The van der Waals surface area contributed by atoms with E-state index in [1.54, 1.807) is 20.5 Å². The summed E-state index contributed by atoms with van der Waals surface area (Å²) in [5.74, 6) is 2.96. The Hall–Kier alpha value is -2.93. The highest BCUT2D eigenvalue weighted by atomic mass is 79.9. The maximum atomic E-state index is 6.40. The zero-order valence-electron chi connectivity index (χ0n) is 16.0. The van der Waals surface area contributed by atoms with Gasteiger partial charge >= 0.3 is 0 Å². The van der Waals surface area contributed by atoms with Gasteiger partial charge in [0.15, 0.2) is 11.5 Å². The lowest BCUT2D eigenvalue weighted by atomic mass is 9.97. The molecule has 0 saturated carbocycles. The van der Waals surface area contributed by atoms with Crippen LogP contribution < -0.4 is 14.2 Å². The summed E-state index contributed by atoms with van der Waals surface area (Å²) in [4.78, 5) is 0. The molecular weight excluding hydrogens is 436 g/mol. The third kappa shape index (κ3) is 3.06. The molecule has 0 spiro atoms. The molecule has 2 aliphatic heterocycles. The predicted octanol–water partition coefficient (Wildman–Crippen LogP) is 5.30. The van der Waals surface area contributed by atoms with Gasteiger partial charge in [-0.1, -0.05) is 15.9 Å². The average Bonchev–Trinajstić information content (AvgIpc) is 3.42. The van der Waals surface area contributed by atoms with Gasteiger partial charge in [0.1, 0.15) is 17.2 Å². The molecule has 0 bridgehead atoms. The lowest BCUT2D eigenvalue weighted by Gasteiger charge is -2.38. The Bertz CT molecular complexity index is 1080. The quantitative estimate of drug-likeness (QED) is 0.535. The van der Waals surface area contributed by atoms with E-state index in [0.29, 0.717) is 11.5 Å². The number of fused-ring (bicyclic) bond motifs is 3. The van der Waals surface area contributed by atoms with Crippen molar-refractivity contribution in [3.05, 3.63) is 76.2 Å². The van der Waals surface area contributed by atoms with Gasteiger partial charge in [0.2, 0.25) is 6.23 Å². The van der Waals surface area contributed by atoms with E-state index in [0.717, 1.165) is 39.2 Å². The van der Waals surface area contributed by atoms with Gasteiger partial charge in [0, 0.05) is 22.0 Å². The summed E-state index contributed by atoms with van der Waals surface area (Å²) < 4.78 is 23.9. The molecule has 148 valence electrons. The van der Waals surface area contributed by atoms with Crippen molar-refractivity contribution in [1.29, 1.82) is 0 Å². The lowest BCUT2D eigenvalue weighted by Crippen LogP contribution is -2.33.